The van der Waals surface area contributed by atoms with Crippen molar-refractivity contribution in [3.63, 3.8) is 0 Å². The average molecular weight is 729 g/mol. The Kier molecular flexibility index (Phi) is 41.5. The zero-order chi connectivity index (χ0) is 37.8. The lowest BCUT2D eigenvalue weighted by Gasteiger charge is -2.18. The van der Waals surface area contributed by atoms with Gasteiger partial charge in [-0.05, 0) is 77.0 Å². The van der Waals surface area contributed by atoms with E-state index in [1.807, 2.05) is 0 Å². The Morgan fingerprint density at radius 2 is 0.846 bits per heavy atom. The molecule has 0 aliphatic carbocycles. The third kappa shape index (κ3) is 40.6. The third-order valence-corrected chi connectivity index (χ3v) is 9.32. The minimum atomic E-state index is -0.538. The molecule has 5 heteroatoms. The van der Waals surface area contributed by atoms with E-state index in [2.05, 4.69) is 69.4 Å². The fraction of sp³-hybridized carbons (Fsp3) is 0.787. The van der Waals surface area contributed by atoms with Crippen LogP contribution in [0.3, 0.4) is 0 Å². The molecule has 0 heterocycles. The quantitative estimate of drug-likeness (QED) is 0.0357. The molecule has 0 aromatic rings. The van der Waals surface area contributed by atoms with Crippen LogP contribution in [0.25, 0.3) is 0 Å². The molecule has 0 saturated heterocycles. The molecule has 0 radical (unpaired) electrons. The first-order valence-corrected chi connectivity index (χ1v) is 22.2. The van der Waals surface area contributed by atoms with E-state index in [0.29, 0.717) is 19.4 Å². The molecule has 0 N–H and O–H groups in total. The van der Waals surface area contributed by atoms with Gasteiger partial charge in [-0.3, -0.25) is 9.59 Å². The van der Waals surface area contributed by atoms with Crippen molar-refractivity contribution in [3.8, 4) is 0 Å². The highest BCUT2D eigenvalue weighted by atomic mass is 16.6. The molecule has 0 aromatic carbocycles. The maximum absolute atomic E-state index is 12.5. The van der Waals surface area contributed by atoms with E-state index in [-0.39, 0.29) is 25.2 Å². The molecule has 0 aliphatic heterocycles. The highest BCUT2D eigenvalue weighted by Gasteiger charge is 2.17. The van der Waals surface area contributed by atoms with Crippen LogP contribution in [0.1, 0.15) is 213 Å². The van der Waals surface area contributed by atoms with Crippen molar-refractivity contribution in [1.29, 1.82) is 0 Å². The van der Waals surface area contributed by atoms with Crippen LogP contribution in [0.5, 0.6) is 0 Å². The summed E-state index contributed by atoms with van der Waals surface area (Å²) < 4.78 is 17.2. The van der Waals surface area contributed by atoms with Crippen molar-refractivity contribution in [2.75, 3.05) is 19.8 Å². The lowest BCUT2D eigenvalue weighted by molar-refractivity contribution is -0.163. The highest BCUT2D eigenvalue weighted by Crippen LogP contribution is 2.13. The second-order valence-electron chi connectivity index (χ2n) is 14.6. The minimum Gasteiger partial charge on any atom is -0.462 e. The van der Waals surface area contributed by atoms with Crippen LogP contribution in [0.15, 0.2) is 48.6 Å². The van der Waals surface area contributed by atoms with Gasteiger partial charge in [-0.1, -0.05) is 172 Å². The van der Waals surface area contributed by atoms with Gasteiger partial charge in [0.2, 0.25) is 0 Å². The molecule has 302 valence electrons. The van der Waals surface area contributed by atoms with E-state index in [4.69, 9.17) is 14.2 Å². The Morgan fingerprint density at radius 3 is 1.38 bits per heavy atom. The van der Waals surface area contributed by atoms with Gasteiger partial charge in [0.05, 0.1) is 6.61 Å². The van der Waals surface area contributed by atoms with E-state index >= 15 is 0 Å². The van der Waals surface area contributed by atoms with E-state index < -0.39 is 6.10 Å². The van der Waals surface area contributed by atoms with Crippen LogP contribution in [-0.4, -0.2) is 37.9 Å². The highest BCUT2D eigenvalue weighted by molar-refractivity contribution is 5.70. The van der Waals surface area contributed by atoms with Crippen molar-refractivity contribution in [2.45, 2.75) is 219 Å². The maximum Gasteiger partial charge on any atom is 0.306 e. The van der Waals surface area contributed by atoms with Gasteiger partial charge in [0.25, 0.3) is 0 Å². The smallest absolute Gasteiger partial charge is 0.306 e. The number of allylic oxidation sites excluding steroid dienone is 8. The Morgan fingerprint density at radius 1 is 0.423 bits per heavy atom. The number of rotatable bonds is 40. The number of hydrogen-bond donors (Lipinski definition) is 0. The third-order valence-electron chi connectivity index (χ3n) is 9.32. The summed E-state index contributed by atoms with van der Waals surface area (Å²) >= 11 is 0. The van der Waals surface area contributed by atoms with Gasteiger partial charge in [-0.15, -0.1) is 0 Å². The summed E-state index contributed by atoms with van der Waals surface area (Å²) in [5.41, 5.74) is 0. The van der Waals surface area contributed by atoms with Crippen LogP contribution in [0.2, 0.25) is 0 Å². The summed E-state index contributed by atoms with van der Waals surface area (Å²) in [7, 11) is 0. The van der Waals surface area contributed by atoms with Crippen molar-refractivity contribution in [1.82, 2.24) is 0 Å². The second-order valence-corrected chi connectivity index (χ2v) is 14.6. The monoisotopic (exact) mass is 729 g/mol. The van der Waals surface area contributed by atoms with E-state index in [1.54, 1.807) is 0 Å². The van der Waals surface area contributed by atoms with Gasteiger partial charge in [-0.25, -0.2) is 0 Å². The molecular formula is C47H84O5. The Hall–Kier alpha value is -2.14. The Bertz CT molecular complexity index is 873. The number of carbonyl (C=O) groups is 2. The summed E-state index contributed by atoms with van der Waals surface area (Å²) in [5, 5.41) is 0. The normalized spacial score (nSPS) is 12.6. The van der Waals surface area contributed by atoms with Gasteiger partial charge < -0.3 is 14.2 Å². The van der Waals surface area contributed by atoms with Crippen molar-refractivity contribution < 1.29 is 23.8 Å². The van der Waals surface area contributed by atoms with Crippen LogP contribution in [0, 0.1) is 0 Å². The van der Waals surface area contributed by atoms with Crippen LogP contribution >= 0.6 is 0 Å². The second kappa shape index (κ2) is 43.3. The molecule has 1 unspecified atom stereocenters. The standard InChI is InChI=1S/C47H84O5/c1-4-7-10-13-15-17-19-21-22-23-24-25-27-29-31-33-36-39-42-50-43-45(52-47(49)41-38-34-12-9-6-3)44-51-46(48)40-37-35-32-30-28-26-20-18-16-14-11-8-5-2/h11,14-15,17-18,20-22,45H,4-10,12-13,16,19,23-44H2,1-3H3/b14-11-,17-15-,20-18-,22-21-. The van der Waals surface area contributed by atoms with Gasteiger partial charge in [-0.2, -0.15) is 0 Å². The average Bonchev–Trinajstić information content (AvgIpc) is 3.14. The zero-order valence-electron chi connectivity index (χ0n) is 34.6. The summed E-state index contributed by atoms with van der Waals surface area (Å²) in [5.74, 6) is -0.428. The molecule has 0 aliphatic rings. The molecule has 52 heavy (non-hydrogen) atoms. The molecule has 0 spiro atoms. The molecule has 0 rings (SSSR count). The first-order chi connectivity index (χ1) is 25.6. The topological polar surface area (TPSA) is 61.8 Å². The SMILES string of the molecule is CCC/C=C\C/C=C\CCCCCCCC(=O)OCC(COCCCCCCCCCC/C=C\C/C=C\CCCCC)OC(=O)CCCCCCC. The molecule has 1 atom stereocenters. The zero-order valence-corrected chi connectivity index (χ0v) is 34.6. The van der Waals surface area contributed by atoms with Gasteiger partial charge in [0.1, 0.15) is 6.61 Å². The van der Waals surface area contributed by atoms with E-state index in [0.717, 1.165) is 70.6 Å². The number of esters is 2. The fourth-order valence-corrected chi connectivity index (χ4v) is 5.99. The lowest BCUT2D eigenvalue weighted by Crippen LogP contribution is -2.30. The molecule has 5 nitrogen and oxygen atoms in total. The van der Waals surface area contributed by atoms with Crippen LogP contribution in [0.4, 0.5) is 0 Å². The molecular weight excluding hydrogens is 645 g/mol. The first-order valence-electron chi connectivity index (χ1n) is 22.2. The molecule has 0 amide bonds. The van der Waals surface area contributed by atoms with Crippen LogP contribution in [-0.2, 0) is 23.8 Å². The van der Waals surface area contributed by atoms with Gasteiger partial charge in [0.15, 0.2) is 6.10 Å². The number of carbonyl (C=O) groups excluding carboxylic acids is 2. The van der Waals surface area contributed by atoms with Crippen LogP contribution < -0.4 is 0 Å². The van der Waals surface area contributed by atoms with Gasteiger partial charge >= 0.3 is 11.9 Å². The van der Waals surface area contributed by atoms with Crippen molar-refractivity contribution in [2.24, 2.45) is 0 Å². The van der Waals surface area contributed by atoms with Crippen molar-refractivity contribution in [3.05, 3.63) is 48.6 Å². The lowest BCUT2D eigenvalue weighted by atomic mass is 10.1. The summed E-state index contributed by atoms with van der Waals surface area (Å²) in [6.45, 7) is 7.64. The predicted molar refractivity (Wildman–Crippen MR) is 224 cm³/mol. The Balaban J connectivity index is 4.07. The van der Waals surface area contributed by atoms with Crippen molar-refractivity contribution >= 4 is 11.9 Å². The number of hydrogen-bond acceptors (Lipinski definition) is 5. The summed E-state index contributed by atoms with van der Waals surface area (Å²) in [6.07, 6.45) is 51.3. The fourth-order valence-electron chi connectivity index (χ4n) is 5.99. The molecule has 0 bridgehead atoms. The minimum absolute atomic E-state index is 0.0757. The molecule has 0 fully saturated rings. The Labute approximate surface area is 322 Å². The summed E-state index contributed by atoms with van der Waals surface area (Å²) in [6, 6.07) is 0. The molecule has 0 aromatic heterocycles. The van der Waals surface area contributed by atoms with Gasteiger partial charge in [0, 0.05) is 19.4 Å². The largest absolute Gasteiger partial charge is 0.462 e. The number of ether oxygens (including phenoxy) is 3. The predicted octanol–water partition coefficient (Wildman–Crippen LogP) is 14.4. The molecule has 0 saturated carbocycles. The van der Waals surface area contributed by atoms with E-state index in [9.17, 15) is 9.59 Å². The maximum atomic E-state index is 12.5. The number of unbranched alkanes of at least 4 members (excludes halogenated alkanes) is 21. The first kappa shape index (κ1) is 49.9. The summed E-state index contributed by atoms with van der Waals surface area (Å²) in [4.78, 5) is 25.0. The van der Waals surface area contributed by atoms with E-state index in [1.165, 1.54) is 109 Å².